The van der Waals surface area contributed by atoms with Crippen molar-refractivity contribution in [3.63, 3.8) is 0 Å². The van der Waals surface area contributed by atoms with Gasteiger partial charge in [-0.2, -0.15) is 0 Å². The first-order valence-corrected chi connectivity index (χ1v) is 9.46. The Morgan fingerprint density at radius 2 is 1.72 bits per heavy atom. The van der Waals surface area contributed by atoms with Crippen LogP contribution in [0.25, 0.3) is 0 Å². The second kappa shape index (κ2) is 7.88. The van der Waals surface area contributed by atoms with Crippen LogP contribution in [0.2, 0.25) is 0 Å². The van der Waals surface area contributed by atoms with Crippen molar-refractivity contribution in [2.45, 2.75) is 25.4 Å². The van der Waals surface area contributed by atoms with Crippen molar-refractivity contribution < 1.29 is 14.3 Å². The Morgan fingerprint density at radius 3 is 2.32 bits per heavy atom. The molecule has 0 aliphatic carbocycles. The average Bonchev–Trinajstić information content (AvgIpc) is 2.95. The molecule has 3 aliphatic rings. The highest BCUT2D eigenvalue weighted by Gasteiger charge is 2.47. The first kappa shape index (κ1) is 18.4. The maximum absolute atomic E-state index is 12.3. The number of nitrogens with zero attached hydrogens (tertiary/aromatic N) is 4. The summed E-state index contributed by atoms with van der Waals surface area (Å²) in [6.07, 6.45) is 1.21. The highest BCUT2D eigenvalue weighted by molar-refractivity contribution is 5.78. The molecule has 0 unspecified atom stereocenters. The zero-order chi connectivity index (χ0) is 17.9. The number of nitrogens with two attached hydrogens (primary N) is 1. The zero-order valence-electron chi connectivity index (χ0n) is 15.3. The lowest BCUT2D eigenvalue weighted by Crippen LogP contribution is -2.50. The lowest BCUT2D eigenvalue weighted by atomic mass is 9.91. The van der Waals surface area contributed by atoms with Crippen molar-refractivity contribution in [3.05, 3.63) is 0 Å². The first-order chi connectivity index (χ1) is 12.0. The van der Waals surface area contributed by atoms with Crippen LogP contribution in [0.1, 0.15) is 19.8 Å². The molecule has 0 bridgehead atoms. The number of carbonyl (C=O) groups is 2. The zero-order valence-corrected chi connectivity index (χ0v) is 15.3. The minimum Gasteiger partial charge on any atom is -0.441 e. The largest absolute Gasteiger partial charge is 0.441 e. The number of likely N-dealkylation sites (N-methyl/N-ethyl adjacent to an activating group) is 1. The van der Waals surface area contributed by atoms with Crippen molar-refractivity contribution in [3.8, 4) is 0 Å². The highest BCUT2D eigenvalue weighted by Crippen LogP contribution is 2.33. The van der Waals surface area contributed by atoms with Crippen molar-refractivity contribution in [2.24, 2.45) is 5.73 Å². The molecule has 8 heteroatoms. The van der Waals surface area contributed by atoms with Crippen LogP contribution >= 0.6 is 0 Å². The standard InChI is InChI=1S/C17H31N5O3/c1-2-19-7-9-20(10-8-19)11-12-22-14-17(25-16(22)24)3-5-21(6-4-17)15(23)13-18/h2-14,18H2,1H3. The molecule has 8 nitrogen and oxygen atoms in total. The Hall–Kier alpha value is -1.38. The number of hydrogen-bond acceptors (Lipinski definition) is 6. The van der Waals surface area contributed by atoms with Crippen LogP contribution in [0.4, 0.5) is 4.79 Å². The summed E-state index contributed by atoms with van der Waals surface area (Å²) in [6, 6.07) is 0. The normalized spacial score (nSPS) is 24.8. The number of carbonyl (C=O) groups excluding carboxylic acids is 2. The third-order valence-electron chi connectivity index (χ3n) is 5.84. The molecule has 3 saturated heterocycles. The van der Waals surface area contributed by atoms with Gasteiger partial charge in [-0.3, -0.25) is 9.69 Å². The molecule has 2 N–H and O–H groups in total. The molecular formula is C17H31N5O3. The molecule has 0 aromatic carbocycles. The van der Waals surface area contributed by atoms with Gasteiger partial charge in [-0.1, -0.05) is 6.92 Å². The van der Waals surface area contributed by atoms with E-state index in [1.165, 1.54) is 0 Å². The number of piperazine rings is 1. The third-order valence-corrected chi connectivity index (χ3v) is 5.84. The van der Waals surface area contributed by atoms with Crippen LogP contribution in [-0.4, -0.2) is 109 Å². The van der Waals surface area contributed by atoms with Gasteiger partial charge in [0.2, 0.25) is 5.91 Å². The molecular weight excluding hydrogens is 322 g/mol. The van der Waals surface area contributed by atoms with E-state index < -0.39 is 5.60 Å². The molecule has 2 amide bonds. The lowest BCUT2D eigenvalue weighted by Gasteiger charge is -2.37. The van der Waals surface area contributed by atoms with E-state index in [2.05, 4.69) is 16.7 Å². The summed E-state index contributed by atoms with van der Waals surface area (Å²) in [6.45, 7) is 11.2. The van der Waals surface area contributed by atoms with Crippen molar-refractivity contribution >= 4 is 12.0 Å². The summed E-state index contributed by atoms with van der Waals surface area (Å²) in [5.41, 5.74) is 5.01. The van der Waals surface area contributed by atoms with Crippen LogP contribution in [0.5, 0.6) is 0 Å². The predicted octanol–water partition coefficient (Wildman–Crippen LogP) is -0.604. The number of hydrogen-bond donors (Lipinski definition) is 1. The van der Waals surface area contributed by atoms with Gasteiger partial charge in [-0.15, -0.1) is 0 Å². The van der Waals surface area contributed by atoms with Crippen molar-refractivity contribution in [1.82, 2.24) is 19.6 Å². The molecule has 1 spiro atoms. The fourth-order valence-corrected chi connectivity index (χ4v) is 4.01. The molecule has 0 aromatic rings. The Balaban J connectivity index is 1.44. The summed E-state index contributed by atoms with van der Waals surface area (Å²) in [5.74, 6) is -0.0257. The topological polar surface area (TPSA) is 82.3 Å². The maximum atomic E-state index is 12.3. The van der Waals surface area contributed by atoms with Gasteiger partial charge in [0.05, 0.1) is 13.1 Å². The summed E-state index contributed by atoms with van der Waals surface area (Å²) in [5, 5.41) is 0. The number of amides is 2. The van der Waals surface area contributed by atoms with Gasteiger partial charge in [0, 0.05) is 65.2 Å². The van der Waals surface area contributed by atoms with Gasteiger partial charge in [0.15, 0.2) is 0 Å². The molecule has 3 heterocycles. The molecule has 0 radical (unpaired) electrons. The van der Waals surface area contributed by atoms with Crippen LogP contribution in [-0.2, 0) is 9.53 Å². The Kier molecular flexibility index (Phi) is 5.81. The van der Waals surface area contributed by atoms with Gasteiger partial charge < -0.3 is 25.2 Å². The van der Waals surface area contributed by atoms with Gasteiger partial charge >= 0.3 is 6.09 Å². The SMILES string of the molecule is CCN1CCN(CCN2CC3(CCN(C(=O)CN)CC3)OC2=O)CC1. The molecule has 3 fully saturated rings. The van der Waals surface area contributed by atoms with E-state index in [-0.39, 0.29) is 18.5 Å². The molecule has 3 aliphatic heterocycles. The third kappa shape index (κ3) is 4.24. The van der Waals surface area contributed by atoms with Crippen LogP contribution < -0.4 is 5.73 Å². The van der Waals surface area contributed by atoms with Crippen LogP contribution in [0, 0.1) is 0 Å². The van der Waals surface area contributed by atoms with Gasteiger partial charge in [-0.05, 0) is 6.54 Å². The summed E-state index contributed by atoms with van der Waals surface area (Å²) < 4.78 is 5.73. The number of likely N-dealkylation sites (tertiary alicyclic amines) is 1. The van der Waals surface area contributed by atoms with E-state index in [1.807, 2.05) is 4.90 Å². The highest BCUT2D eigenvalue weighted by atomic mass is 16.6. The Bertz CT molecular complexity index is 485. The maximum Gasteiger partial charge on any atom is 0.410 e. The minimum absolute atomic E-state index is 0.0257. The van der Waals surface area contributed by atoms with Crippen molar-refractivity contribution in [1.29, 1.82) is 0 Å². The van der Waals surface area contributed by atoms with Crippen LogP contribution in [0.3, 0.4) is 0 Å². The minimum atomic E-state index is -0.413. The van der Waals surface area contributed by atoms with E-state index >= 15 is 0 Å². The second-order valence-electron chi connectivity index (χ2n) is 7.33. The molecule has 0 atom stereocenters. The van der Waals surface area contributed by atoms with Gasteiger partial charge in [0.1, 0.15) is 5.60 Å². The summed E-state index contributed by atoms with van der Waals surface area (Å²) in [4.78, 5) is 32.4. The van der Waals surface area contributed by atoms with E-state index in [1.54, 1.807) is 4.90 Å². The van der Waals surface area contributed by atoms with E-state index in [0.29, 0.717) is 32.5 Å². The smallest absolute Gasteiger partial charge is 0.410 e. The fraction of sp³-hybridized carbons (Fsp3) is 0.882. The Morgan fingerprint density at radius 1 is 1.08 bits per heavy atom. The van der Waals surface area contributed by atoms with Gasteiger partial charge in [0.25, 0.3) is 0 Å². The van der Waals surface area contributed by atoms with Crippen molar-refractivity contribution in [2.75, 3.05) is 72.0 Å². The number of rotatable bonds is 5. The molecule has 3 rings (SSSR count). The monoisotopic (exact) mass is 353 g/mol. The summed E-state index contributed by atoms with van der Waals surface area (Å²) in [7, 11) is 0. The second-order valence-corrected chi connectivity index (χ2v) is 7.33. The lowest BCUT2D eigenvalue weighted by molar-refractivity contribution is -0.133. The van der Waals surface area contributed by atoms with Gasteiger partial charge in [-0.25, -0.2) is 4.79 Å². The van der Waals surface area contributed by atoms with E-state index in [4.69, 9.17) is 10.5 Å². The number of ether oxygens (including phenoxy) is 1. The molecule has 142 valence electrons. The molecule has 25 heavy (non-hydrogen) atoms. The molecule has 0 aromatic heterocycles. The van der Waals surface area contributed by atoms with Crippen LogP contribution in [0.15, 0.2) is 0 Å². The predicted molar refractivity (Wildman–Crippen MR) is 94.2 cm³/mol. The Labute approximate surface area is 149 Å². The fourth-order valence-electron chi connectivity index (χ4n) is 4.01. The summed E-state index contributed by atoms with van der Waals surface area (Å²) >= 11 is 0. The quantitative estimate of drug-likeness (QED) is 0.710. The molecule has 0 saturated carbocycles. The number of piperidine rings is 1. The van der Waals surface area contributed by atoms with E-state index in [0.717, 1.165) is 45.8 Å². The van der Waals surface area contributed by atoms with E-state index in [9.17, 15) is 9.59 Å². The average molecular weight is 353 g/mol. The first-order valence-electron chi connectivity index (χ1n) is 9.46.